The zero-order valence-electron chi connectivity index (χ0n) is 12.4. The fraction of sp³-hybridized carbons (Fsp3) is 0.267. The summed E-state index contributed by atoms with van der Waals surface area (Å²) >= 11 is 1.07. The SMILES string of the molecule is CCOC(=O)C(Cc1ccc(O)cc1)NS(=O)(=O)c1cccs1. The number of carbonyl (C=O) groups excluding carboxylic acids is 1. The minimum atomic E-state index is -3.79. The van der Waals surface area contributed by atoms with Gasteiger partial charge < -0.3 is 9.84 Å². The smallest absolute Gasteiger partial charge is 0.324 e. The van der Waals surface area contributed by atoms with Gasteiger partial charge in [0.05, 0.1) is 6.61 Å². The highest BCUT2D eigenvalue weighted by Crippen LogP contribution is 2.17. The Labute approximate surface area is 138 Å². The van der Waals surface area contributed by atoms with E-state index < -0.39 is 22.0 Å². The van der Waals surface area contributed by atoms with E-state index >= 15 is 0 Å². The van der Waals surface area contributed by atoms with Gasteiger partial charge in [-0.05, 0) is 42.5 Å². The molecule has 2 rings (SSSR count). The maximum absolute atomic E-state index is 12.3. The van der Waals surface area contributed by atoms with Crippen molar-refractivity contribution in [2.45, 2.75) is 23.6 Å². The summed E-state index contributed by atoms with van der Waals surface area (Å²) in [6, 6.07) is 8.26. The Morgan fingerprint density at radius 1 is 1.30 bits per heavy atom. The molecule has 1 unspecified atom stereocenters. The summed E-state index contributed by atoms with van der Waals surface area (Å²) in [5.41, 5.74) is 0.703. The lowest BCUT2D eigenvalue weighted by Gasteiger charge is -2.17. The standard InChI is InChI=1S/C15H17NO5S2/c1-2-21-15(18)13(10-11-5-7-12(17)8-6-11)16-23(19,20)14-4-3-9-22-14/h3-9,13,16-17H,2,10H2,1H3. The molecule has 1 aromatic carbocycles. The van der Waals surface area contributed by atoms with Gasteiger partial charge in [0.1, 0.15) is 16.0 Å². The molecule has 6 nitrogen and oxygen atoms in total. The Kier molecular flexibility index (Phi) is 5.75. The van der Waals surface area contributed by atoms with Gasteiger partial charge in [-0.15, -0.1) is 11.3 Å². The Morgan fingerprint density at radius 3 is 2.57 bits per heavy atom. The van der Waals surface area contributed by atoms with Gasteiger partial charge in [0.25, 0.3) is 10.0 Å². The molecule has 0 aliphatic carbocycles. The number of carbonyl (C=O) groups is 1. The van der Waals surface area contributed by atoms with Crippen molar-refractivity contribution < 1.29 is 23.1 Å². The molecule has 1 heterocycles. The van der Waals surface area contributed by atoms with Crippen molar-refractivity contribution in [2.75, 3.05) is 6.61 Å². The van der Waals surface area contributed by atoms with Gasteiger partial charge in [0.2, 0.25) is 0 Å². The Hall–Kier alpha value is -1.90. The summed E-state index contributed by atoms with van der Waals surface area (Å²) in [5.74, 6) is -0.540. The minimum Gasteiger partial charge on any atom is -0.508 e. The second kappa shape index (κ2) is 7.58. The number of hydrogen-bond donors (Lipinski definition) is 2. The fourth-order valence-corrected chi connectivity index (χ4v) is 4.14. The van der Waals surface area contributed by atoms with Crippen molar-refractivity contribution in [1.82, 2.24) is 4.72 Å². The number of phenolic OH excluding ortho intramolecular Hbond substituents is 1. The molecule has 0 saturated carbocycles. The summed E-state index contributed by atoms with van der Waals surface area (Å²) in [6.45, 7) is 1.81. The first-order valence-corrected chi connectivity index (χ1v) is 9.29. The van der Waals surface area contributed by atoms with E-state index in [-0.39, 0.29) is 23.0 Å². The average molecular weight is 355 g/mol. The van der Waals surface area contributed by atoms with E-state index in [0.29, 0.717) is 5.56 Å². The van der Waals surface area contributed by atoms with Crippen LogP contribution in [0, 0.1) is 0 Å². The van der Waals surface area contributed by atoms with E-state index in [0.717, 1.165) is 11.3 Å². The first-order chi connectivity index (χ1) is 10.9. The molecule has 23 heavy (non-hydrogen) atoms. The van der Waals surface area contributed by atoms with Crippen LogP contribution >= 0.6 is 11.3 Å². The molecule has 0 fully saturated rings. The quantitative estimate of drug-likeness (QED) is 0.740. The van der Waals surface area contributed by atoms with Crippen LogP contribution in [0.1, 0.15) is 12.5 Å². The maximum atomic E-state index is 12.3. The molecule has 0 aliphatic rings. The number of hydrogen-bond acceptors (Lipinski definition) is 6. The van der Waals surface area contributed by atoms with Crippen LogP contribution < -0.4 is 4.72 Å². The number of thiophene rings is 1. The maximum Gasteiger partial charge on any atom is 0.324 e. The predicted octanol–water partition coefficient (Wildman–Crippen LogP) is 1.91. The molecule has 8 heteroatoms. The van der Waals surface area contributed by atoms with E-state index in [9.17, 15) is 18.3 Å². The number of nitrogens with one attached hydrogen (secondary N) is 1. The van der Waals surface area contributed by atoms with Crippen LogP contribution in [0.5, 0.6) is 5.75 Å². The van der Waals surface area contributed by atoms with E-state index in [1.54, 1.807) is 30.5 Å². The predicted molar refractivity (Wildman–Crippen MR) is 86.9 cm³/mol. The average Bonchev–Trinajstić information content (AvgIpc) is 3.04. The van der Waals surface area contributed by atoms with Crippen LogP contribution in [0.2, 0.25) is 0 Å². The third-order valence-corrected chi connectivity index (χ3v) is 5.87. The zero-order valence-corrected chi connectivity index (χ0v) is 14.1. The van der Waals surface area contributed by atoms with Crippen molar-refractivity contribution in [1.29, 1.82) is 0 Å². The number of ether oxygens (including phenoxy) is 1. The van der Waals surface area contributed by atoms with Gasteiger partial charge in [-0.1, -0.05) is 18.2 Å². The molecular weight excluding hydrogens is 338 g/mol. The molecule has 124 valence electrons. The molecule has 0 spiro atoms. The highest BCUT2D eigenvalue weighted by atomic mass is 32.2. The van der Waals surface area contributed by atoms with Crippen molar-refractivity contribution in [3.8, 4) is 5.75 Å². The number of aromatic hydroxyl groups is 1. The van der Waals surface area contributed by atoms with Crippen molar-refractivity contribution in [2.24, 2.45) is 0 Å². The summed E-state index contributed by atoms with van der Waals surface area (Å²) < 4.78 is 32.1. The lowest BCUT2D eigenvalue weighted by atomic mass is 10.1. The lowest BCUT2D eigenvalue weighted by molar-refractivity contribution is -0.145. The van der Waals surface area contributed by atoms with E-state index in [1.807, 2.05) is 0 Å². The molecular formula is C15H17NO5S2. The first kappa shape index (κ1) is 17.5. The highest BCUT2D eigenvalue weighted by Gasteiger charge is 2.27. The molecule has 0 radical (unpaired) electrons. The number of esters is 1. The third-order valence-electron chi connectivity index (χ3n) is 3.00. The number of phenols is 1. The van der Waals surface area contributed by atoms with Gasteiger partial charge in [0.15, 0.2) is 0 Å². The zero-order chi connectivity index (χ0) is 16.9. The molecule has 0 aliphatic heterocycles. The fourth-order valence-electron chi connectivity index (χ4n) is 1.95. The van der Waals surface area contributed by atoms with E-state index in [1.165, 1.54) is 18.2 Å². The summed E-state index contributed by atoms with van der Waals surface area (Å²) in [5, 5.41) is 10.9. The van der Waals surface area contributed by atoms with Gasteiger partial charge in [-0.25, -0.2) is 8.42 Å². The third kappa shape index (κ3) is 4.78. The van der Waals surface area contributed by atoms with Crippen LogP contribution in [0.25, 0.3) is 0 Å². The Morgan fingerprint density at radius 2 is 2.00 bits per heavy atom. The topological polar surface area (TPSA) is 92.7 Å². The molecule has 1 atom stereocenters. The normalized spacial score (nSPS) is 12.7. The van der Waals surface area contributed by atoms with E-state index in [2.05, 4.69) is 4.72 Å². The van der Waals surface area contributed by atoms with Gasteiger partial charge in [-0.2, -0.15) is 4.72 Å². The van der Waals surface area contributed by atoms with Crippen LogP contribution in [0.3, 0.4) is 0 Å². The Bertz CT molecular complexity index is 739. The van der Waals surface area contributed by atoms with Crippen molar-refractivity contribution in [3.63, 3.8) is 0 Å². The van der Waals surface area contributed by atoms with Crippen LogP contribution in [0.4, 0.5) is 0 Å². The summed E-state index contributed by atoms with van der Waals surface area (Å²) in [7, 11) is -3.79. The summed E-state index contributed by atoms with van der Waals surface area (Å²) in [4.78, 5) is 12.1. The second-order valence-corrected chi connectivity index (χ2v) is 7.62. The number of benzene rings is 1. The van der Waals surface area contributed by atoms with Gasteiger partial charge in [-0.3, -0.25) is 4.79 Å². The molecule has 0 bridgehead atoms. The number of rotatable bonds is 7. The monoisotopic (exact) mass is 355 g/mol. The second-order valence-electron chi connectivity index (χ2n) is 4.73. The minimum absolute atomic E-state index is 0.0978. The summed E-state index contributed by atoms with van der Waals surface area (Å²) in [6.07, 6.45) is 0.129. The largest absolute Gasteiger partial charge is 0.508 e. The van der Waals surface area contributed by atoms with E-state index in [4.69, 9.17) is 4.74 Å². The molecule has 2 N–H and O–H groups in total. The van der Waals surface area contributed by atoms with Crippen LogP contribution in [-0.2, 0) is 26.0 Å². The van der Waals surface area contributed by atoms with Crippen molar-refractivity contribution in [3.05, 3.63) is 47.3 Å². The highest BCUT2D eigenvalue weighted by molar-refractivity contribution is 7.91. The number of sulfonamides is 1. The lowest BCUT2D eigenvalue weighted by Crippen LogP contribution is -2.43. The van der Waals surface area contributed by atoms with Crippen LogP contribution in [-0.4, -0.2) is 32.1 Å². The van der Waals surface area contributed by atoms with Gasteiger partial charge >= 0.3 is 5.97 Å². The van der Waals surface area contributed by atoms with Crippen molar-refractivity contribution >= 4 is 27.3 Å². The molecule has 1 aromatic heterocycles. The molecule has 2 aromatic rings. The van der Waals surface area contributed by atoms with Gasteiger partial charge in [0, 0.05) is 0 Å². The molecule has 0 saturated heterocycles. The molecule has 0 amide bonds. The Balaban J connectivity index is 2.20. The van der Waals surface area contributed by atoms with Crippen LogP contribution in [0.15, 0.2) is 46.0 Å². The first-order valence-electron chi connectivity index (χ1n) is 6.92.